The maximum atomic E-state index is 13.7. The van der Waals surface area contributed by atoms with Gasteiger partial charge in [0.15, 0.2) is 0 Å². The minimum Gasteiger partial charge on any atom is -0.338 e. The van der Waals surface area contributed by atoms with Crippen molar-refractivity contribution in [3.05, 3.63) is 39.7 Å². The molecule has 0 bridgehead atoms. The third-order valence-electron chi connectivity index (χ3n) is 2.90. The zero-order chi connectivity index (χ0) is 13.8. The van der Waals surface area contributed by atoms with Crippen LogP contribution in [0.2, 0.25) is 0 Å². The van der Waals surface area contributed by atoms with E-state index in [1.807, 2.05) is 0 Å². The maximum Gasteiger partial charge on any atom is 0.270 e. The van der Waals surface area contributed by atoms with Crippen LogP contribution >= 0.6 is 11.8 Å². The van der Waals surface area contributed by atoms with Gasteiger partial charge in [-0.3, -0.25) is 14.9 Å². The molecule has 0 aromatic heterocycles. The molecule has 1 aromatic carbocycles. The molecule has 0 atom stereocenters. The number of rotatable bonds is 2. The summed E-state index contributed by atoms with van der Waals surface area (Å²) in [4.78, 5) is 23.8. The smallest absolute Gasteiger partial charge is 0.270 e. The molecule has 0 N–H and O–H groups in total. The van der Waals surface area contributed by atoms with Crippen LogP contribution in [0.25, 0.3) is 0 Å². The highest BCUT2D eigenvalue weighted by Gasteiger charge is 2.22. The molecule has 1 aliphatic heterocycles. The molecule has 7 heteroatoms. The van der Waals surface area contributed by atoms with Crippen LogP contribution < -0.4 is 0 Å². The predicted octanol–water partition coefficient (Wildman–Crippen LogP) is 2.31. The standard InChI is InChI=1S/C12H13FN2O3S/c13-11-3-2-9(15(17)18)8-10(11)12(16)14-4-1-6-19-7-5-14/h2-3,8H,1,4-7H2. The lowest BCUT2D eigenvalue weighted by Crippen LogP contribution is -2.33. The van der Waals surface area contributed by atoms with Crippen LogP contribution in [-0.2, 0) is 0 Å². The topological polar surface area (TPSA) is 63.4 Å². The van der Waals surface area contributed by atoms with Crippen molar-refractivity contribution < 1.29 is 14.1 Å². The van der Waals surface area contributed by atoms with E-state index in [2.05, 4.69) is 0 Å². The number of thioether (sulfide) groups is 1. The monoisotopic (exact) mass is 284 g/mol. The Bertz CT molecular complexity index is 502. The molecule has 0 saturated carbocycles. The molecular formula is C12H13FN2O3S. The third-order valence-corrected chi connectivity index (χ3v) is 3.95. The molecule has 1 fully saturated rings. The summed E-state index contributed by atoms with van der Waals surface area (Å²) in [7, 11) is 0. The van der Waals surface area contributed by atoms with Gasteiger partial charge in [0.25, 0.3) is 11.6 Å². The van der Waals surface area contributed by atoms with Gasteiger partial charge in [0.1, 0.15) is 5.82 Å². The highest BCUT2D eigenvalue weighted by Crippen LogP contribution is 2.20. The first-order valence-electron chi connectivity index (χ1n) is 5.90. The van der Waals surface area contributed by atoms with E-state index in [0.717, 1.165) is 36.1 Å². The average molecular weight is 284 g/mol. The Kier molecular flexibility index (Phi) is 4.36. The molecular weight excluding hydrogens is 271 g/mol. The lowest BCUT2D eigenvalue weighted by Gasteiger charge is -2.20. The highest BCUT2D eigenvalue weighted by molar-refractivity contribution is 7.99. The Morgan fingerprint density at radius 3 is 2.89 bits per heavy atom. The van der Waals surface area contributed by atoms with E-state index >= 15 is 0 Å². The lowest BCUT2D eigenvalue weighted by atomic mass is 10.1. The highest BCUT2D eigenvalue weighted by atomic mass is 32.2. The molecule has 102 valence electrons. The molecule has 1 heterocycles. The van der Waals surface area contributed by atoms with Crippen LogP contribution in [0.5, 0.6) is 0 Å². The van der Waals surface area contributed by atoms with E-state index in [-0.39, 0.29) is 11.3 Å². The van der Waals surface area contributed by atoms with Crippen LogP contribution in [0.15, 0.2) is 18.2 Å². The van der Waals surface area contributed by atoms with Gasteiger partial charge in [-0.1, -0.05) is 0 Å². The van der Waals surface area contributed by atoms with Gasteiger partial charge in [-0.05, 0) is 18.2 Å². The quantitative estimate of drug-likeness (QED) is 0.617. The summed E-state index contributed by atoms with van der Waals surface area (Å²) in [6.07, 6.45) is 0.854. The number of hydrogen-bond acceptors (Lipinski definition) is 4. The molecule has 0 spiro atoms. The predicted molar refractivity (Wildman–Crippen MR) is 70.9 cm³/mol. The van der Waals surface area contributed by atoms with Crippen molar-refractivity contribution in [3.8, 4) is 0 Å². The van der Waals surface area contributed by atoms with Crippen LogP contribution in [0.1, 0.15) is 16.8 Å². The van der Waals surface area contributed by atoms with Gasteiger partial charge in [0.2, 0.25) is 0 Å². The van der Waals surface area contributed by atoms with E-state index in [9.17, 15) is 19.3 Å². The molecule has 1 aromatic rings. The minimum atomic E-state index is -0.715. The summed E-state index contributed by atoms with van der Waals surface area (Å²) in [5.74, 6) is 0.597. The Balaban J connectivity index is 2.26. The van der Waals surface area contributed by atoms with Crippen molar-refractivity contribution in [2.75, 3.05) is 24.6 Å². The fourth-order valence-corrected chi connectivity index (χ4v) is 2.80. The summed E-state index contributed by atoms with van der Waals surface area (Å²) in [5.41, 5.74) is -0.491. The van der Waals surface area contributed by atoms with Crippen LogP contribution in [0, 0.1) is 15.9 Å². The number of amides is 1. The lowest BCUT2D eigenvalue weighted by molar-refractivity contribution is -0.384. The van der Waals surface area contributed by atoms with Gasteiger partial charge in [0, 0.05) is 31.0 Å². The van der Waals surface area contributed by atoms with Crippen molar-refractivity contribution in [2.24, 2.45) is 0 Å². The largest absolute Gasteiger partial charge is 0.338 e. The number of nitro groups is 1. The Morgan fingerprint density at radius 1 is 1.37 bits per heavy atom. The molecule has 0 aliphatic carbocycles. The Hall–Kier alpha value is -1.63. The molecule has 1 aliphatic rings. The van der Waals surface area contributed by atoms with Crippen molar-refractivity contribution in [1.29, 1.82) is 0 Å². The van der Waals surface area contributed by atoms with Gasteiger partial charge in [-0.25, -0.2) is 4.39 Å². The van der Waals surface area contributed by atoms with Crippen LogP contribution in [-0.4, -0.2) is 40.3 Å². The number of hydrogen-bond donors (Lipinski definition) is 0. The van der Waals surface area contributed by atoms with E-state index in [1.54, 1.807) is 16.7 Å². The summed E-state index contributed by atoms with van der Waals surface area (Å²) < 4.78 is 13.7. The number of halogens is 1. The zero-order valence-electron chi connectivity index (χ0n) is 10.2. The maximum absolute atomic E-state index is 13.7. The fraction of sp³-hybridized carbons (Fsp3) is 0.417. The molecule has 0 unspecified atom stereocenters. The minimum absolute atomic E-state index is 0.221. The molecule has 1 saturated heterocycles. The van der Waals surface area contributed by atoms with Gasteiger partial charge in [-0.15, -0.1) is 0 Å². The second-order valence-corrected chi connectivity index (χ2v) is 5.40. The van der Waals surface area contributed by atoms with E-state index in [4.69, 9.17) is 0 Å². The van der Waals surface area contributed by atoms with E-state index in [1.165, 1.54) is 0 Å². The second kappa shape index (κ2) is 6.01. The zero-order valence-corrected chi connectivity index (χ0v) is 11.0. The first kappa shape index (κ1) is 13.8. The summed E-state index contributed by atoms with van der Waals surface area (Å²) in [5, 5.41) is 10.7. The van der Waals surface area contributed by atoms with Crippen molar-refractivity contribution in [2.45, 2.75) is 6.42 Å². The number of non-ortho nitro benzene ring substituents is 1. The van der Waals surface area contributed by atoms with Crippen LogP contribution in [0.3, 0.4) is 0 Å². The van der Waals surface area contributed by atoms with Crippen molar-refractivity contribution in [1.82, 2.24) is 4.90 Å². The fourth-order valence-electron chi connectivity index (χ4n) is 1.91. The number of benzene rings is 1. The number of carbonyl (C=O) groups is 1. The molecule has 19 heavy (non-hydrogen) atoms. The second-order valence-electron chi connectivity index (χ2n) is 4.18. The molecule has 2 rings (SSSR count). The van der Waals surface area contributed by atoms with E-state index < -0.39 is 16.6 Å². The van der Waals surface area contributed by atoms with Crippen LogP contribution in [0.4, 0.5) is 10.1 Å². The average Bonchev–Trinajstić information content (AvgIpc) is 2.67. The van der Waals surface area contributed by atoms with Gasteiger partial charge in [0.05, 0.1) is 10.5 Å². The molecule has 0 radical (unpaired) electrons. The van der Waals surface area contributed by atoms with Gasteiger partial charge >= 0.3 is 0 Å². The van der Waals surface area contributed by atoms with Crippen molar-refractivity contribution >= 4 is 23.4 Å². The summed E-state index contributed by atoms with van der Waals surface area (Å²) >= 11 is 1.75. The molecule has 5 nitrogen and oxygen atoms in total. The van der Waals surface area contributed by atoms with E-state index in [0.29, 0.717) is 13.1 Å². The first-order valence-corrected chi connectivity index (χ1v) is 7.06. The SMILES string of the molecule is O=C(c1cc([N+](=O)[O-])ccc1F)N1CCCSCC1. The summed E-state index contributed by atoms with van der Waals surface area (Å²) in [6, 6.07) is 3.04. The normalized spacial score (nSPS) is 15.9. The summed E-state index contributed by atoms with van der Waals surface area (Å²) in [6.45, 7) is 1.11. The number of nitro benzene ring substituents is 1. The first-order chi connectivity index (χ1) is 9.09. The van der Waals surface area contributed by atoms with Gasteiger partial charge < -0.3 is 4.90 Å². The van der Waals surface area contributed by atoms with Crippen molar-refractivity contribution in [3.63, 3.8) is 0 Å². The van der Waals surface area contributed by atoms with Gasteiger partial charge in [-0.2, -0.15) is 11.8 Å². The Labute approximate surface area is 113 Å². The molecule has 1 amide bonds. The Morgan fingerprint density at radius 2 is 2.16 bits per heavy atom. The third kappa shape index (κ3) is 3.23. The number of nitrogens with zero attached hydrogens (tertiary/aromatic N) is 2. The number of carbonyl (C=O) groups excluding carboxylic acids is 1.